The summed E-state index contributed by atoms with van der Waals surface area (Å²) >= 11 is 0. The molecule has 0 amide bonds. The second kappa shape index (κ2) is 8.77. The van der Waals surface area contributed by atoms with Gasteiger partial charge >= 0.3 is 0 Å². The first-order chi connectivity index (χ1) is 14.6. The highest BCUT2D eigenvalue weighted by atomic mass is 16.5. The van der Waals surface area contributed by atoms with E-state index in [9.17, 15) is 4.79 Å². The number of benzene rings is 2. The van der Waals surface area contributed by atoms with Crippen molar-refractivity contribution in [1.29, 1.82) is 0 Å². The highest BCUT2D eigenvalue weighted by Gasteiger charge is 2.18. The van der Waals surface area contributed by atoms with E-state index in [1.54, 1.807) is 26.2 Å². The van der Waals surface area contributed by atoms with Crippen molar-refractivity contribution in [3.05, 3.63) is 54.1 Å². The molecular formula is C22H24N6O2. The van der Waals surface area contributed by atoms with E-state index < -0.39 is 0 Å². The van der Waals surface area contributed by atoms with Crippen LogP contribution in [0.3, 0.4) is 0 Å². The van der Waals surface area contributed by atoms with E-state index >= 15 is 0 Å². The highest BCUT2D eigenvalue weighted by Crippen LogP contribution is 2.24. The summed E-state index contributed by atoms with van der Waals surface area (Å²) in [5.41, 5.74) is 2.19. The molecule has 154 valence electrons. The number of carbonyl (C=O) groups excluding carboxylic acids is 1. The molecule has 2 aromatic carbocycles. The van der Waals surface area contributed by atoms with Gasteiger partial charge in [-0.15, -0.1) is 0 Å². The van der Waals surface area contributed by atoms with Crippen molar-refractivity contribution in [3.8, 4) is 5.75 Å². The number of anilines is 5. The van der Waals surface area contributed by atoms with Gasteiger partial charge in [0.15, 0.2) is 5.78 Å². The fourth-order valence-corrected chi connectivity index (χ4v) is 3.31. The predicted molar refractivity (Wildman–Crippen MR) is 117 cm³/mol. The van der Waals surface area contributed by atoms with Crippen molar-refractivity contribution >= 4 is 35.0 Å². The Morgan fingerprint density at radius 1 is 0.933 bits per heavy atom. The molecule has 1 fully saturated rings. The Labute approximate surface area is 175 Å². The molecule has 4 rings (SSSR count). The van der Waals surface area contributed by atoms with Gasteiger partial charge in [-0.2, -0.15) is 15.0 Å². The number of aromatic nitrogens is 3. The molecule has 30 heavy (non-hydrogen) atoms. The lowest BCUT2D eigenvalue weighted by atomic mass is 10.1. The van der Waals surface area contributed by atoms with Crippen molar-refractivity contribution in [2.24, 2.45) is 0 Å². The van der Waals surface area contributed by atoms with Crippen molar-refractivity contribution < 1.29 is 9.53 Å². The molecule has 0 spiro atoms. The van der Waals surface area contributed by atoms with Gasteiger partial charge in [-0.1, -0.05) is 18.2 Å². The minimum Gasteiger partial charge on any atom is -0.497 e. The standard InChI is InChI=1S/C22H24N6O2/c1-15(29)16-7-5-8-17(13-16)23-20-25-21(24-18-9-6-10-19(14-18)30-2)27-22(26-20)28-11-3-4-12-28/h5-10,13-14H,3-4,11-12H2,1-2H3,(H2,23,24,25,26,27). The van der Waals surface area contributed by atoms with Gasteiger partial charge in [-0.25, -0.2) is 0 Å². The SMILES string of the molecule is COc1cccc(Nc2nc(Nc3cccc(C(C)=O)c3)nc(N3CCCC3)n2)c1. The zero-order valence-electron chi connectivity index (χ0n) is 17.1. The van der Waals surface area contributed by atoms with Gasteiger partial charge in [0.25, 0.3) is 0 Å². The van der Waals surface area contributed by atoms with E-state index in [1.807, 2.05) is 36.4 Å². The minimum absolute atomic E-state index is 0.00688. The Morgan fingerprint density at radius 2 is 1.57 bits per heavy atom. The van der Waals surface area contributed by atoms with Crippen LogP contribution in [0.4, 0.5) is 29.2 Å². The van der Waals surface area contributed by atoms with Gasteiger partial charge in [0.05, 0.1) is 7.11 Å². The summed E-state index contributed by atoms with van der Waals surface area (Å²) in [6.45, 7) is 3.38. The van der Waals surface area contributed by atoms with Crippen molar-refractivity contribution in [2.45, 2.75) is 19.8 Å². The number of rotatable bonds is 7. The summed E-state index contributed by atoms with van der Waals surface area (Å²) in [6.07, 6.45) is 2.24. The fourth-order valence-electron chi connectivity index (χ4n) is 3.31. The van der Waals surface area contributed by atoms with E-state index in [0.717, 1.165) is 43.1 Å². The number of hydrogen-bond donors (Lipinski definition) is 2. The molecule has 1 aliphatic heterocycles. The van der Waals surface area contributed by atoms with Crippen molar-refractivity contribution in [1.82, 2.24) is 15.0 Å². The molecule has 0 bridgehead atoms. The van der Waals surface area contributed by atoms with Crippen molar-refractivity contribution in [2.75, 3.05) is 35.7 Å². The lowest BCUT2D eigenvalue weighted by molar-refractivity contribution is 0.101. The predicted octanol–water partition coefficient (Wildman–Crippen LogP) is 4.17. The first kappa shape index (κ1) is 19.6. The average molecular weight is 404 g/mol. The van der Waals surface area contributed by atoms with E-state index in [0.29, 0.717) is 23.4 Å². The zero-order chi connectivity index (χ0) is 20.9. The third kappa shape index (κ3) is 4.65. The number of methoxy groups -OCH3 is 1. The van der Waals surface area contributed by atoms with Gasteiger partial charge in [0.2, 0.25) is 17.8 Å². The molecule has 8 nitrogen and oxygen atoms in total. The maximum atomic E-state index is 11.7. The lowest BCUT2D eigenvalue weighted by Gasteiger charge is -2.17. The molecule has 3 aromatic rings. The maximum absolute atomic E-state index is 11.7. The number of nitrogens with zero attached hydrogens (tertiary/aromatic N) is 4. The summed E-state index contributed by atoms with van der Waals surface area (Å²) < 4.78 is 5.29. The molecule has 0 unspecified atom stereocenters. The van der Waals surface area contributed by atoms with Crippen LogP contribution < -0.4 is 20.3 Å². The van der Waals surface area contributed by atoms with E-state index in [4.69, 9.17) is 4.74 Å². The largest absolute Gasteiger partial charge is 0.497 e. The minimum atomic E-state index is 0.00688. The van der Waals surface area contributed by atoms with Gasteiger partial charge < -0.3 is 20.3 Å². The molecule has 1 aliphatic rings. The van der Waals surface area contributed by atoms with Crippen LogP contribution in [0.5, 0.6) is 5.75 Å². The van der Waals surface area contributed by atoms with Gasteiger partial charge in [-0.3, -0.25) is 4.79 Å². The van der Waals surface area contributed by atoms with E-state index in [2.05, 4.69) is 30.5 Å². The molecule has 2 heterocycles. The molecule has 1 aromatic heterocycles. The van der Waals surface area contributed by atoms with Crippen LogP contribution in [0, 0.1) is 0 Å². The Bertz CT molecular complexity index is 1050. The van der Waals surface area contributed by atoms with Crippen LogP contribution in [0.25, 0.3) is 0 Å². The number of ketones is 1. The third-order valence-electron chi connectivity index (χ3n) is 4.86. The van der Waals surface area contributed by atoms with Gasteiger partial charge in [-0.05, 0) is 44.0 Å². The molecule has 0 atom stereocenters. The topological polar surface area (TPSA) is 92.3 Å². The summed E-state index contributed by atoms with van der Waals surface area (Å²) in [7, 11) is 1.63. The Kier molecular flexibility index (Phi) is 5.74. The monoisotopic (exact) mass is 404 g/mol. The Hall–Kier alpha value is -3.68. The summed E-state index contributed by atoms with van der Waals surface area (Å²) in [6, 6.07) is 14.9. The average Bonchev–Trinajstić information content (AvgIpc) is 3.29. The fraction of sp³-hybridized carbons (Fsp3) is 0.273. The Balaban J connectivity index is 1.65. The molecule has 0 radical (unpaired) electrons. The second-order valence-electron chi connectivity index (χ2n) is 7.10. The number of nitrogens with one attached hydrogen (secondary N) is 2. The van der Waals surface area contributed by atoms with Crippen molar-refractivity contribution in [3.63, 3.8) is 0 Å². The number of Topliss-reactive ketones (excluding diaryl/α,β-unsaturated/α-hetero) is 1. The smallest absolute Gasteiger partial charge is 0.233 e. The first-order valence-corrected chi connectivity index (χ1v) is 9.91. The zero-order valence-corrected chi connectivity index (χ0v) is 17.1. The summed E-state index contributed by atoms with van der Waals surface area (Å²) in [5.74, 6) is 2.22. The quantitative estimate of drug-likeness (QED) is 0.567. The molecular weight excluding hydrogens is 380 g/mol. The highest BCUT2D eigenvalue weighted by molar-refractivity contribution is 5.95. The van der Waals surface area contributed by atoms with Crippen LogP contribution in [0.2, 0.25) is 0 Å². The second-order valence-corrected chi connectivity index (χ2v) is 7.10. The number of ether oxygens (including phenoxy) is 1. The van der Waals surface area contributed by atoms with Gasteiger partial charge in [0.1, 0.15) is 5.75 Å². The van der Waals surface area contributed by atoms with Crippen LogP contribution >= 0.6 is 0 Å². The third-order valence-corrected chi connectivity index (χ3v) is 4.86. The van der Waals surface area contributed by atoms with Gasteiger partial charge in [0, 0.05) is 36.1 Å². The number of hydrogen-bond acceptors (Lipinski definition) is 8. The maximum Gasteiger partial charge on any atom is 0.233 e. The normalized spacial score (nSPS) is 13.2. The number of carbonyl (C=O) groups is 1. The summed E-state index contributed by atoms with van der Waals surface area (Å²) in [4.78, 5) is 27.6. The van der Waals surface area contributed by atoms with Crippen LogP contribution in [-0.4, -0.2) is 40.9 Å². The molecule has 8 heteroatoms. The molecule has 1 saturated heterocycles. The molecule has 0 aliphatic carbocycles. The van der Waals surface area contributed by atoms with E-state index in [-0.39, 0.29) is 5.78 Å². The van der Waals surface area contributed by atoms with Crippen LogP contribution in [0.1, 0.15) is 30.1 Å². The first-order valence-electron chi connectivity index (χ1n) is 9.91. The lowest BCUT2D eigenvalue weighted by Crippen LogP contribution is -2.21. The van der Waals surface area contributed by atoms with Crippen LogP contribution in [0.15, 0.2) is 48.5 Å². The van der Waals surface area contributed by atoms with E-state index in [1.165, 1.54) is 0 Å². The molecule has 0 saturated carbocycles. The Morgan fingerprint density at radius 3 is 2.20 bits per heavy atom. The van der Waals surface area contributed by atoms with Crippen LogP contribution in [-0.2, 0) is 0 Å². The summed E-state index contributed by atoms with van der Waals surface area (Å²) in [5, 5.41) is 6.44. The molecule has 2 N–H and O–H groups in total.